The van der Waals surface area contributed by atoms with E-state index in [-0.39, 0.29) is 11.9 Å². The molecule has 2 aromatic rings. The van der Waals surface area contributed by atoms with Crippen LogP contribution < -0.4 is 10.2 Å². The summed E-state index contributed by atoms with van der Waals surface area (Å²) in [6.45, 7) is 4.82. The largest absolute Gasteiger partial charge is 0.370 e. The molecule has 0 fully saturated rings. The van der Waals surface area contributed by atoms with E-state index in [1.54, 1.807) is 6.07 Å². The van der Waals surface area contributed by atoms with E-state index in [2.05, 4.69) is 10.3 Å². The van der Waals surface area contributed by atoms with Crippen LogP contribution in [0.5, 0.6) is 0 Å². The van der Waals surface area contributed by atoms with E-state index in [0.29, 0.717) is 5.56 Å². The van der Waals surface area contributed by atoms with Gasteiger partial charge in [0, 0.05) is 19.2 Å². The number of aromatic nitrogens is 1. The number of nitrogens with one attached hydrogen (secondary N) is 1. The lowest BCUT2D eigenvalue weighted by Gasteiger charge is -2.27. The Hall–Kier alpha value is -2.10. The lowest BCUT2D eigenvalue weighted by Crippen LogP contribution is -2.23. The number of hydrogen-bond donors (Lipinski definition) is 1. The molecular weight excluding hydrogens is 253 g/mol. The fourth-order valence-electron chi connectivity index (χ4n) is 2.12. The summed E-state index contributed by atoms with van der Waals surface area (Å²) in [6.07, 6.45) is 0. The van der Waals surface area contributed by atoms with E-state index in [1.807, 2.05) is 56.1 Å². The molecule has 0 spiro atoms. The summed E-state index contributed by atoms with van der Waals surface area (Å²) in [4.78, 5) is 6.50. The van der Waals surface area contributed by atoms with Gasteiger partial charge in [0.2, 0.25) is 0 Å². The number of hydrogen-bond acceptors (Lipinski definition) is 3. The Morgan fingerprint density at radius 3 is 2.65 bits per heavy atom. The molecule has 1 aromatic heterocycles. The molecule has 0 aliphatic heterocycles. The van der Waals surface area contributed by atoms with Crippen LogP contribution in [0.1, 0.15) is 25.5 Å². The fourth-order valence-corrected chi connectivity index (χ4v) is 2.12. The van der Waals surface area contributed by atoms with Gasteiger partial charge in [-0.2, -0.15) is 0 Å². The SMILES string of the molecule is CCNc1cccc(N(C)C(C)c2ccccc2F)n1. The molecule has 1 N–H and O–H groups in total. The average Bonchev–Trinajstić information content (AvgIpc) is 2.47. The highest BCUT2D eigenvalue weighted by atomic mass is 19.1. The Balaban J connectivity index is 2.24. The molecule has 1 aromatic carbocycles. The summed E-state index contributed by atoms with van der Waals surface area (Å²) in [6, 6.07) is 12.6. The van der Waals surface area contributed by atoms with Crippen LogP contribution in [0.3, 0.4) is 0 Å². The van der Waals surface area contributed by atoms with Gasteiger partial charge in [-0.3, -0.25) is 0 Å². The van der Waals surface area contributed by atoms with Crippen molar-refractivity contribution in [2.45, 2.75) is 19.9 Å². The molecule has 0 saturated heterocycles. The van der Waals surface area contributed by atoms with Crippen LogP contribution >= 0.6 is 0 Å². The zero-order valence-electron chi connectivity index (χ0n) is 12.1. The maximum Gasteiger partial charge on any atom is 0.131 e. The summed E-state index contributed by atoms with van der Waals surface area (Å²) in [5.41, 5.74) is 0.672. The minimum Gasteiger partial charge on any atom is -0.370 e. The second-order valence-corrected chi connectivity index (χ2v) is 4.72. The molecule has 20 heavy (non-hydrogen) atoms. The van der Waals surface area contributed by atoms with Gasteiger partial charge in [-0.15, -0.1) is 0 Å². The van der Waals surface area contributed by atoms with Crippen LogP contribution in [0.15, 0.2) is 42.5 Å². The standard InChI is InChI=1S/C16H20FN3/c1-4-18-15-10-7-11-16(19-15)20(3)12(2)13-8-5-6-9-14(13)17/h5-12H,4H2,1-3H3,(H,18,19). The second kappa shape index (κ2) is 6.37. The molecule has 0 amide bonds. The predicted octanol–water partition coefficient (Wildman–Crippen LogP) is 3.85. The zero-order chi connectivity index (χ0) is 14.5. The molecule has 1 heterocycles. The van der Waals surface area contributed by atoms with Crippen LogP contribution in [-0.4, -0.2) is 18.6 Å². The Morgan fingerprint density at radius 1 is 1.20 bits per heavy atom. The quantitative estimate of drug-likeness (QED) is 0.897. The van der Waals surface area contributed by atoms with Crippen molar-refractivity contribution in [2.24, 2.45) is 0 Å². The van der Waals surface area contributed by atoms with Crippen molar-refractivity contribution in [3.05, 3.63) is 53.8 Å². The zero-order valence-corrected chi connectivity index (χ0v) is 12.1. The Morgan fingerprint density at radius 2 is 1.95 bits per heavy atom. The number of benzene rings is 1. The number of pyridine rings is 1. The Kier molecular flexibility index (Phi) is 4.56. The molecule has 0 radical (unpaired) electrons. The summed E-state index contributed by atoms with van der Waals surface area (Å²) in [5.74, 6) is 1.46. The minimum absolute atomic E-state index is 0.0828. The first-order chi connectivity index (χ1) is 9.63. The molecule has 106 valence electrons. The van der Waals surface area contributed by atoms with Gasteiger partial charge in [-0.25, -0.2) is 9.37 Å². The summed E-state index contributed by atoms with van der Waals surface area (Å²) in [7, 11) is 1.93. The molecule has 4 heteroatoms. The maximum atomic E-state index is 13.9. The van der Waals surface area contributed by atoms with Crippen molar-refractivity contribution < 1.29 is 4.39 Å². The third-order valence-electron chi connectivity index (χ3n) is 3.39. The van der Waals surface area contributed by atoms with Gasteiger partial charge in [0.25, 0.3) is 0 Å². The highest BCUT2D eigenvalue weighted by molar-refractivity contribution is 5.48. The molecule has 0 aliphatic carbocycles. The molecular formula is C16H20FN3. The first-order valence-corrected chi connectivity index (χ1v) is 6.81. The third-order valence-corrected chi connectivity index (χ3v) is 3.39. The first kappa shape index (κ1) is 14.3. The lowest BCUT2D eigenvalue weighted by atomic mass is 10.1. The van der Waals surface area contributed by atoms with Crippen LogP contribution in [0, 0.1) is 5.82 Å². The maximum absolute atomic E-state index is 13.9. The van der Waals surface area contributed by atoms with Crippen LogP contribution in [0.25, 0.3) is 0 Å². The van der Waals surface area contributed by atoms with Gasteiger partial charge in [-0.05, 0) is 32.0 Å². The molecule has 1 atom stereocenters. The van der Waals surface area contributed by atoms with Crippen molar-refractivity contribution >= 4 is 11.6 Å². The Labute approximate surface area is 119 Å². The molecule has 1 unspecified atom stereocenters. The fraction of sp³-hybridized carbons (Fsp3) is 0.312. The highest BCUT2D eigenvalue weighted by Gasteiger charge is 2.16. The van der Waals surface area contributed by atoms with E-state index in [9.17, 15) is 4.39 Å². The molecule has 0 saturated carbocycles. The van der Waals surface area contributed by atoms with Crippen molar-refractivity contribution in [2.75, 3.05) is 23.8 Å². The van der Waals surface area contributed by atoms with Crippen molar-refractivity contribution in [1.82, 2.24) is 4.98 Å². The van der Waals surface area contributed by atoms with Gasteiger partial charge in [0.05, 0.1) is 6.04 Å². The lowest BCUT2D eigenvalue weighted by molar-refractivity contribution is 0.584. The number of rotatable bonds is 5. The molecule has 0 aliphatic rings. The van der Waals surface area contributed by atoms with Gasteiger partial charge >= 0.3 is 0 Å². The van der Waals surface area contributed by atoms with Crippen LogP contribution in [-0.2, 0) is 0 Å². The second-order valence-electron chi connectivity index (χ2n) is 4.72. The van der Waals surface area contributed by atoms with Crippen LogP contribution in [0.4, 0.5) is 16.0 Å². The van der Waals surface area contributed by atoms with Crippen molar-refractivity contribution in [3.63, 3.8) is 0 Å². The predicted molar refractivity (Wildman–Crippen MR) is 81.6 cm³/mol. The van der Waals surface area contributed by atoms with E-state index in [0.717, 1.165) is 18.2 Å². The molecule has 3 nitrogen and oxygen atoms in total. The van der Waals surface area contributed by atoms with E-state index >= 15 is 0 Å². The summed E-state index contributed by atoms with van der Waals surface area (Å²) < 4.78 is 13.9. The average molecular weight is 273 g/mol. The molecule has 0 bridgehead atoms. The molecule has 2 rings (SSSR count). The third kappa shape index (κ3) is 3.07. The first-order valence-electron chi connectivity index (χ1n) is 6.81. The number of anilines is 2. The van der Waals surface area contributed by atoms with Gasteiger partial charge < -0.3 is 10.2 Å². The summed E-state index contributed by atoms with van der Waals surface area (Å²) in [5, 5.41) is 3.18. The van der Waals surface area contributed by atoms with E-state index < -0.39 is 0 Å². The highest BCUT2D eigenvalue weighted by Crippen LogP contribution is 2.26. The van der Waals surface area contributed by atoms with E-state index in [1.165, 1.54) is 6.07 Å². The van der Waals surface area contributed by atoms with Crippen molar-refractivity contribution in [3.8, 4) is 0 Å². The minimum atomic E-state index is -0.185. The van der Waals surface area contributed by atoms with Gasteiger partial charge in [-0.1, -0.05) is 24.3 Å². The topological polar surface area (TPSA) is 28.2 Å². The van der Waals surface area contributed by atoms with Gasteiger partial charge in [0.15, 0.2) is 0 Å². The van der Waals surface area contributed by atoms with Crippen LogP contribution in [0.2, 0.25) is 0 Å². The Bertz CT molecular complexity index is 571. The number of halogens is 1. The normalized spacial score (nSPS) is 12.0. The van der Waals surface area contributed by atoms with E-state index in [4.69, 9.17) is 0 Å². The van der Waals surface area contributed by atoms with Crippen molar-refractivity contribution in [1.29, 1.82) is 0 Å². The van der Waals surface area contributed by atoms with Gasteiger partial charge in [0.1, 0.15) is 17.5 Å². The number of nitrogens with zero attached hydrogens (tertiary/aromatic N) is 2. The smallest absolute Gasteiger partial charge is 0.131 e. The summed E-state index contributed by atoms with van der Waals surface area (Å²) >= 11 is 0. The monoisotopic (exact) mass is 273 g/mol.